The van der Waals surface area contributed by atoms with Gasteiger partial charge in [-0.15, -0.1) is 6.58 Å². The first-order valence-electron chi connectivity index (χ1n) is 6.17. The van der Waals surface area contributed by atoms with Crippen LogP contribution in [-0.4, -0.2) is 46.7 Å². The first kappa shape index (κ1) is 19.0. The van der Waals surface area contributed by atoms with Crippen LogP contribution in [0.25, 0.3) is 0 Å². The SMILES string of the molecule is C=CCOCC(NC(=O)c1cccnc1SC(F)(F)F)C(=O)O. The molecule has 2 N–H and O–H groups in total. The van der Waals surface area contributed by atoms with E-state index in [-0.39, 0.29) is 18.8 Å². The maximum atomic E-state index is 12.4. The number of aliphatic carboxylic acids is 1. The highest BCUT2D eigenvalue weighted by Gasteiger charge is 2.33. The number of carbonyl (C=O) groups is 2. The highest BCUT2D eigenvalue weighted by atomic mass is 32.2. The van der Waals surface area contributed by atoms with E-state index in [9.17, 15) is 22.8 Å². The number of amides is 1. The molecule has 0 spiro atoms. The van der Waals surface area contributed by atoms with E-state index in [1.807, 2.05) is 0 Å². The average Bonchev–Trinajstić information content (AvgIpc) is 2.45. The van der Waals surface area contributed by atoms with Crippen molar-refractivity contribution in [3.8, 4) is 0 Å². The molecule has 1 heterocycles. The minimum absolute atomic E-state index is 0.0711. The van der Waals surface area contributed by atoms with Crippen molar-refractivity contribution in [2.24, 2.45) is 0 Å². The van der Waals surface area contributed by atoms with Crippen LogP contribution in [0.15, 0.2) is 36.0 Å². The van der Waals surface area contributed by atoms with Crippen LogP contribution in [-0.2, 0) is 9.53 Å². The minimum atomic E-state index is -4.62. The molecule has 23 heavy (non-hydrogen) atoms. The number of ether oxygens (including phenoxy) is 1. The molecule has 6 nitrogen and oxygen atoms in total. The van der Waals surface area contributed by atoms with Gasteiger partial charge in [0.25, 0.3) is 5.91 Å². The number of rotatable bonds is 8. The van der Waals surface area contributed by atoms with E-state index < -0.39 is 40.2 Å². The lowest BCUT2D eigenvalue weighted by molar-refractivity contribution is -0.140. The number of carboxylic acids is 1. The summed E-state index contributed by atoms with van der Waals surface area (Å²) in [5.74, 6) is -2.37. The van der Waals surface area contributed by atoms with Gasteiger partial charge in [0.1, 0.15) is 5.03 Å². The quantitative estimate of drug-likeness (QED) is 0.424. The Morgan fingerprint density at radius 1 is 1.52 bits per heavy atom. The molecular weight excluding hydrogens is 337 g/mol. The molecule has 10 heteroatoms. The second-order valence-corrected chi connectivity index (χ2v) is 5.15. The van der Waals surface area contributed by atoms with E-state index in [2.05, 4.69) is 16.9 Å². The lowest BCUT2D eigenvalue weighted by Crippen LogP contribution is -2.44. The fourth-order valence-corrected chi connectivity index (χ4v) is 2.04. The van der Waals surface area contributed by atoms with Gasteiger partial charge in [-0.1, -0.05) is 6.08 Å². The third kappa shape index (κ3) is 6.70. The van der Waals surface area contributed by atoms with Crippen molar-refractivity contribution in [1.82, 2.24) is 10.3 Å². The number of hydrogen-bond donors (Lipinski definition) is 2. The second kappa shape index (κ2) is 8.53. The number of pyridine rings is 1. The molecule has 0 radical (unpaired) electrons. The molecule has 0 aromatic carbocycles. The summed E-state index contributed by atoms with van der Waals surface area (Å²) in [5.41, 5.74) is -4.99. The van der Waals surface area contributed by atoms with Gasteiger partial charge in [-0.05, 0) is 12.1 Å². The number of carbonyl (C=O) groups excluding carboxylic acids is 1. The Balaban J connectivity index is 2.87. The van der Waals surface area contributed by atoms with E-state index in [1.165, 1.54) is 12.1 Å². The number of halogens is 3. The van der Waals surface area contributed by atoms with Crippen LogP contribution in [0.3, 0.4) is 0 Å². The van der Waals surface area contributed by atoms with Crippen LogP contribution in [0.1, 0.15) is 10.4 Å². The Morgan fingerprint density at radius 3 is 2.78 bits per heavy atom. The van der Waals surface area contributed by atoms with Crippen molar-refractivity contribution < 1.29 is 32.6 Å². The Hall–Kier alpha value is -2.07. The van der Waals surface area contributed by atoms with E-state index in [1.54, 1.807) is 0 Å². The van der Waals surface area contributed by atoms with E-state index >= 15 is 0 Å². The number of nitrogens with zero attached hydrogens (tertiary/aromatic N) is 1. The van der Waals surface area contributed by atoms with Crippen molar-refractivity contribution in [2.45, 2.75) is 16.6 Å². The largest absolute Gasteiger partial charge is 0.480 e. The molecule has 1 amide bonds. The lowest BCUT2D eigenvalue weighted by atomic mass is 10.2. The molecule has 1 unspecified atom stereocenters. The Kier molecular flexibility index (Phi) is 7.04. The number of carboxylic acid groups (broad SMARTS) is 1. The molecule has 0 saturated carbocycles. The number of nitrogens with one attached hydrogen (secondary N) is 1. The van der Waals surface area contributed by atoms with E-state index in [0.29, 0.717) is 0 Å². The van der Waals surface area contributed by atoms with E-state index in [4.69, 9.17) is 9.84 Å². The molecule has 1 aromatic rings. The minimum Gasteiger partial charge on any atom is -0.480 e. The Labute approximate surface area is 133 Å². The highest BCUT2D eigenvalue weighted by molar-refractivity contribution is 8.00. The van der Waals surface area contributed by atoms with Crippen molar-refractivity contribution in [3.05, 3.63) is 36.5 Å². The molecule has 0 aliphatic rings. The van der Waals surface area contributed by atoms with Gasteiger partial charge in [0.2, 0.25) is 0 Å². The summed E-state index contributed by atoms with van der Waals surface area (Å²) < 4.78 is 42.3. The predicted molar refractivity (Wildman–Crippen MR) is 76.1 cm³/mol. The van der Waals surface area contributed by atoms with Gasteiger partial charge in [0.15, 0.2) is 6.04 Å². The maximum absolute atomic E-state index is 12.4. The molecule has 1 aromatic heterocycles. The standard InChI is InChI=1S/C13H13F3N2O4S/c1-2-6-22-7-9(12(20)21)18-10(19)8-4-3-5-17-11(8)23-13(14,15)16/h2-5,9H,1,6-7H2,(H,18,19)(H,20,21). The molecule has 0 bridgehead atoms. The van der Waals surface area contributed by atoms with Crippen LogP contribution in [0.2, 0.25) is 0 Å². The molecule has 126 valence electrons. The number of alkyl halides is 3. The molecule has 1 atom stereocenters. The Bertz CT molecular complexity index is 581. The highest BCUT2D eigenvalue weighted by Crippen LogP contribution is 2.37. The smallest absolute Gasteiger partial charge is 0.447 e. The van der Waals surface area contributed by atoms with Crippen LogP contribution < -0.4 is 5.32 Å². The van der Waals surface area contributed by atoms with E-state index in [0.717, 1.165) is 12.3 Å². The summed E-state index contributed by atoms with van der Waals surface area (Å²) >= 11 is -0.551. The average molecular weight is 350 g/mol. The van der Waals surface area contributed by atoms with Gasteiger partial charge in [-0.2, -0.15) is 13.2 Å². The molecule has 0 aliphatic carbocycles. The normalized spacial score (nSPS) is 12.5. The van der Waals surface area contributed by atoms with Gasteiger partial charge < -0.3 is 15.2 Å². The van der Waals surface area contributed by atoms with Crippen molar-refractivity contribution >= 4 is 23.6 Å². The fourth-order valence-electron chi connectivity index (χ4n) is 1.43. The summed E-state index contributed by atoms with van der Waals surface area (Å²) in [6.45, 7) is 3.10. The molecule has 0 aliphatic heterocycles. The Morgan fingerprint density at radius 2 is 2.22 bits per heavy atom. The first-order valence-corrected chi connectivity index (χ1v) is 6.99. The monoisotopic (exact) mass is 350 g/mol. The van der Waals surface area contributed by atoms with Gasteiger partial charge in [0.05, 0.1) is 18.8 Å². The summed E-state index contributed by atoms with van der Waals surface area (Å²) in [6, 6.07) is 0.991. The summed E-state index contributed by atoms with van der Waals surface area (Å²) in [5, 5.41) is 10.5. The third-order valence-corrected chi connectivity index (χ3v) is 3.10. The molecule has 1 rings (SSSR count). The maximum Gasteiger partial charge on any atom is 0.447 e. The van der Waals surface area contributed by atoms with Crippen LogP contribution in [0, 0.1) is 0 Å². The van der Waals surface area contributed by atoms with Crippen molar-refractivity contribution in [3.63, 3.8) is 0 Å². The summed E-state index contributed by atoms with van der Waals surface area (Å²) in [7, 11) is 0. The topological polar surface area (TPSA) is 88.5 Å². The van der Waals surface area contributed by atoms with Gasteiger partial charge in [0, 0.05) is 18.0 Å². The van der Waals surface area contributed by atoms with Gasteiger partial charge in [-0.25, -0.2) is 9.78 Å². The lowest BCUT2D eigenvalue weighted by Gasteiger charge is -2.15. The van der Waals surface area contributed by atoms with Crippen LogP contribution in [0.5, 0.6) is 0 Å². The van der Waals surface area contributed by atoms with Gasteiger partial charge in [-0.3, -0.25) is 4.79 Å². The number of aromatic nitrogens is 1. The predicted octanol–water partition coefficient (Wildman–Crippen LogP) is 2.08. The molecular formula is C13H13F3N2O4S. The van der Waals surface area contributed by atoms with Crippen LogP contribution in [0.4, 0.5) is 13.2 Å². The number of hydrogen-bond acceptors (Lipinski definition) is 5. The second-order valence-electron chi connectivity index (χ2n) is 4.09. The van der Waals surface area contributed by atoms with Gasteiger partial charge >= 0.3 is 11.5 Å². The summed E-state index contributed by atoms with van der Waals surface area (Å²) in [4.78, 5) is 26.6. The first-order chi connectivity index (χ1) is 10.7. The molecule has 0 saturated heterocycles. The van der Waals surface area contributed by atoms with Crippen molar-refractivity contribution in [1.29, 1.82) is 0 Å². The fraction of sp³-hybridized carbons (Fsp3) is 0.308. The zero-order valence-electron chi connectivity index (χ0n) is 11.7. The third-order valence-electron chi connectivity index (χ3n) is 2.35. The number of thioether (sulfide) groups is 1. The van der Waals surface area contributed by atoms with Crippen molar-refractivity contribution in [2.75, 3.05) is 13.2 Å². The zero-order valence-corrected chi connectivity index (χ0v) is 12.5. The van der Waals surface area contributed by atoms with Crippen LogP contribution >= 0.6 is 11.8 Å². The summed E-state index contributed by atoms with van der Waals surface area (Å²) in [6.07, 6.45) is 2.49. The zero-order chi connectivity index (χ0) is 17.5. The molecule has 0 fully saturated rings.